The van der Waals surface area contributed by atoms with Gasteiger partial charge in [0.25, 0.3) is 21.5 Å². The Labute approximate surface area is 434 Å². The Hall–Kier alpha value is -8.52. The maximum Gasteiger partial charge on any atom is 0.298 e. The minimum atomic E-state index is -4.97. The van der Waals surface area contributed by atoms with Crippen molar-refractivity contribution in [3.63, 3.8) is 0 Å². The molecule has 0 spiro atoms. The van der Waals surface area contributed by atoms with Gasteiger partial charge in [-0.3, -0.25) is 24.8 Å². The maximum atomic E-state index is 12.3. The Morgan fingerprint density at radius 3 is 2.04 bits per heavy atom. The molecule has 0 aliphatic carbocycles. The van der Waals surface area contributed by atoms with Crippen LogP contribution in [0.4, 0.5) is 45.8 Å². The summed E-state index contributed by atoms with van der Waals surface area (Å²) in [6.07, 6.45) is 0.804. The molecule has 8 aromatic rings. The van der Waals surface area contributed by atoms with E-state index in [9.17, 15) is 57.5 Å². The molecule has 0 saturated carbocycles. The zero-order chi connectivity index (χ0) is 52.8. The van der Waals surface area contributed by atoms with Gasteiger partial charge in [-0.15, -0.1) is 20.5 Å². The minimum Gasteiger partial charge on any atom is -0.506 e. The number of aromatic hydroxyl groups is 4. The summed E-state index contributed by atoms with van der Waals surface area (Å²) < 4.78 is 57.7. The molecule has 0 aliphatic heterocycles. The summed E-state index contributed by atoms with van der Waals surface area (Å²) in [5.74, 6) is -1.36. The van der Waals surface area contributed by atoms with Gasteiger partial charge < -0.3 is 25.7 Å². The van der Waals surface area contributed by atoms with E-state index >= 15 is 0 Å². The molecule has 6 aromatic carbocycles. The average Bonchev–Trinajstić information content (AvgIpc) is 3.63. The topological polar surface area (TPSA) is 374 Å². The summed E-state index contributed by atoms with van der Waals surface area (Å²) in [5.41, 5.74) is 0.288. The van der Waals surface area contributed by atoms with E-state index in [1.165, 1.54) is 17.7 Å². The predicted octanol–water partition coefficient (Wildman–Crippen LogP) is 10.1. The first kappa shape index (κ1) is 54.8. The van der Waals surface area contributed by atoms with E-state index in [1.54, 1.807) is 78.9 Å². The van der Waals surface area contributed by atoms with Crippen LogP contribution in [0, 0.1) is 27.2 Å². The fourth-order valence-corrected chi connectivity index (χ4v) is 8.86. The number of fused-ring (bicyclic) bond motifs is 1. The number of halogens is 1. The number of para-hydroxylation sites is 1. The van der Waals surface area contributed by atoms with Crippen LogP contribution in [0.3, 0.4) is 0 Å². The summed E-state index contributed by atoms with van der Waals surface area (Å²) >= 11 is 6.17. The Bertz CT molecular complexity index is 3740. The average molecular weight is 1110 g/mol. The van der Waals surface area contributed by atoms with E-state index in [4.69, 9.17) is 16.2 Å². The molecule has 0 atom stereocenters. The number of azo groups is 2. The number of nitrogens with one attached hydrogen (secondary N) is 1. The van der Waals surface area contributed by atoms with Crippen LogP contribution in [0.15, 0.2) is 146 Å². The molecule has 0 radical (unpaired) electrons. The van der Waals surface area contributed by atoms with Crippen molar-refractivity contribution >= 4 is 88.1 Å². The molecule has 0 unspecified atom stereocenters. The molecule has 0 amide bonds. The van der Waals surface area contributed by atoms with Crippen molar-refractivity contribution in [2.24, 2.45) is 20.5 Å². The number of nitro groups is 2. The van der Waals surface area contributed by atoms with Crippen LogP contribution in [-0.4, -0.2) is 82.1 Å². The number of aryl methyl sites for hydroxylation is 1. The van der Waals surface area contributed by atoms with Crippen molar-refractivity contribution in [1.82, 2.24) is 24.7 Å². The van der Waals surface area contributed by atoms with Crippen molar-refractivity contribution in [2.75, 3.05) is 11.1 Å². The van der Waals surface area contributed by atoms with E-state index in [2.05, 4.69) is 45.8 Å². The van der Waals surface area contributed by atoms with Crippen molar-refractivity contribution in [1.29, 1.82) is 0 Å². The Balaban J connectivity index is 0.000000258. The molecule has 0 saturated heterocycles. The zero-order valence-electron chi connectivity index (χ0n) is 38.1. The van der Waals surface area contributed by atoms with Crippen molar-refractivity contribution in [3.05, 3.63) is 158 Å². The number of anilines is 2. The minimum absolute atomic E-state index is 0. The van der Waals surface area contributed by atoms with Crippen molar-refractivity contribution in [2.45, 2.75) is 36.5 Å². The first-order valence-electron chi connectivity index (χ1n) is 21.0. The third kappa shape index (κ3) is 12.9. The number of hydrogen-bond acceptors (Lipinski definition) is 21. The van der Waals surface area contributed by atoms with Gasteiger partial charge in [-0.1, -0.05) is 49.4 Å². The monoisotopic (exact) mass is 1100 g/mol. The number of nitro benzene ring substituents is 2. The Kier molecular flexibility index (Phi) is 17.0. The number of phenols is 3. The number of non-ortho nitro benzene ring substituents is 2. The maximum absolute atomic E-state index is 12.3. The number of phenolic OH excluding ortho intramolecular Hbond substituents is 3. The third-order valence-electron chi connectivity index (χ3n) is 10.2. The summed E-state index contributed by atoms with van der Waals surface area (Å²) in [6, 6.07) is 28.1. The molecule has 0 aliphatic rings. The number of hydrogen-bond donors (Lipinski definition) is 6. The molecule has 29 heteroatoms. The van der Waals surface area contributed by atoms with Gasteiger partial charge in [0.15, 0.2) is 27.0 Å². The second-order valence-electron chi connectivity index (χ2n) is 15.4. The van der Waals surface area contributed by atoms with Gasteiger partial charge in [0.2, 0.25) is 17.1 Å². The molecule has 8 rings (SSSR count). The summed E-state index contributed by atoms with van der Waals surface area (Å²) in [6.45, 7) is 3.33. The molecule has 0 bridgehead atoms. The number of nitrogens with zero attached hydrogens (tertiary/aromatic N) is 11. The quantitative estimate of drug-likeness (QED) is 0.0240. The second kappa shape index (κ2) is 22.9. The van der Waals surface area contributed by atoms with Crippen LogP contribution >= 0.6 is 11.6 Å². The van der Waals surface area contributed by atoms with Gasteiger partial charge in [-0.25, -0.2) is 13.4 Å². The van der Waals surface area contributed by atoms with Gasteiger partial charge in [0.05, 0.1) is 31.9 Å². The smallest absolute Gasteiger partial charge is 0.298 e. The molecular weight excluding hydrogens is 1070 g/mol. The summed E-state index contributed by atoms with van der Waals surface area (Å²) in [5, 5.41) is 86.8. The molecule has 0 fully saturated rings. The van der Waals surface area contributed by atoms with E-state index in [0.29, 0.717) is 40.5 Å². The van der Waals surface area contributed by atoms with E-state index in [1.807, 2.05) is 6.92 Å². The van der Waals surface area contributed by atoms with Crippen LogP contribution in [0.1, 0.15) is 30.4 Å². The second-order valence-corrected chi connectivity index (χ2v) is 19.2. The number of aromatic nitrogens is 5. The van der Waals surface area contributed by atoms with E-state index in [-0.39, 0.29) is 85.6 Å². The van der Waals surface area contributed by atoms with Gasteiger partial charge in [0.1, 0.15) is 33.5 Å². The molecule has 380 valence electrons. The Morgan fingerprint density at radius 1 is 0.730 bits per heavy atom. The summed E-state index contributed by atoms with van der Waals surface area (Å²) in [7, 11) is -8.29. The van der Waals surface area contributed by atoms with Crippen LogP contribution in [-0.2, 0) is 43.7 Å². The van der Waals surface area contributed by atoms with E-state index in [0.717, 1.165) is 29.8 Å². The number of benzene rings is 6. The third-order valence-corrected chi connectivity index (χ3v) is 13.2. The number of sulfone groups is 1. The van der Waals surface area contributed by atoms with E-state index < -0.39 is 57.7 Å². The zero-order valence-corrected chi connectivity index (χ0v) is 41.8. The van der Waals surface area contributed by atoms with Crippen LogP contribution in [0.5, 0.6) is 23.1 Å². The van der Waals surface area contributed by atoms with Gasteiger partial charge in [0, 0.05) is 59.1 Å². The normalized spacial score (nSPS) is 11.6. The fourth-order valence-electron chi connectivity index (χ4n) is 6.74. The molecule has 25 nitrogen and oxygen atoms in total. The standard InChI is InChI=1S/C29H24ClN7O6S.C16H13N5O7S.Cr/c1-2-13-44(42,43)21-9-3-17(4-10-21)14-26-32-28(30)34-29(33-26)31-19-7-5-18-6-11-23(27(39)22(18)15-19)35-36-24-16-20(37(40)41)8-12-25(24)38;1-9-14(16(23)20(19-9)10-5-3-2-4-6-10)18-17-12-7-11(21(24)25)8-13(15(12)22)29(26,27)28;/h3-12,15-16,38-39H,2,13-14H2,1H3,(H,31,32,33,34);2-8,22-23H,1H3,(H,26,27,28);. The molecular formula is C45H37ClCrN12O13S2. The summed E-state index contributed by atoms with van der Waals surface area (Å²) in [4.78, 5) is 32.4. The molecule has 2 heterocycles. The van der Waals surface area contributed by atoms with Crippen LogP contribution in [0.25, 0.3) is 16.5 Å². The largest absolute Gasteiger partial charge is 0.506 e. The number of rotatable bonds is 15. The molecule has 2 aromatic heterocycles. The first-order chi connectivity index (χ1) is 34.6. The van der Waals surface area contributed by atoms with Crippen molar-refractivity contribution < 1.29 is 69.0 Å². The fraction of sp³-hybridized carbons (Fsp3) is 0.111. The van der Waals surface area contributed by atoms with Crippen LogP contribution < -0.4 is 5.32 Å². The van der Waals surface area contributed by atoms with Gasteiger partial charge in [-0.05, 0) is 84.4 Å². The predicted molar refractivity (Wildman–Crippen MR) is 263 cm³/mol. The van der Waals surface area contributed by atoms with Gasteiger partial charge >= 0.3 is 0 Å². The molecule has 74 heavy (non-hydrogen) atoms. The van der Waals surface area contributed by atoms with Crippen molar-refractivity contribution in [3.8, 4) is 28.8 Å². The van der Waals surface area contributed by atoms with Gasteiger partial charge in [-0.2, -0.15) is 28.2 Å². The SMILES string of the molecule is CCCS(=O)(=O)c1ccc(Cc2nc(Cl)nc(Nc3ccc4ccc(N=Nc5cc([N+](=O)[O-])ccc5O)c(O)c4c3)n2)cc1.Cc1nn(-c2ccccc2)c(O)c1N=Nc1cc([N+](=O)[O-])cc(S(=O)(=O)O)c1O.[Cr]. The first-order valence-corrected chi connectivity index (χ1v) is 24.5. The van der Waals surface area contributed by atoms with Crippen LogP contribution in [0.2, 0.25) is 5.28 Å². The Morgan fingerprint density at radius 2 is 1.38 bits per heavy atom. The molecule has 6 N–H and O–H groups in total.